The highest BCUT2D eigenvalue weighted by molar-refractivity contribution is 6.00. The van der Waals surface area contributed by atoms with E-state index in [9.17, 15) is 4.79 Å². The van der Waals surface area contributed by atoms with Gasteiger partial charge in [-0.1, -0.05) is 30.3 Å². The molecule has 2 saturated heterocycles. The van der Waals surface area contributed by atoms with E-state index >= 15 is 0 Å². The zero-order valence-electron chi connectivity index (χ0n) is 16.3. The third-order valence-electron chi connectivity index (χ3n) is 5.73. The highest BCUT2D eigenvalue weighted by Crippen LogP contribution is 2.23. The van der Waals surface area contributed by atoms with E-state index < -0.39 is 0 Å². The van der Waals surface area contributed by atoms with Crippen molar-refractivity contribution >= 4 is 17.3 Å². The number of piperazine rings is 1. The topological polar surface area (TPSA) is 44.8 Å². The number of hydrogen-bond donors (Lipinski definition) is 1. The van der Waals surface area contributed by atoms with E-state index in [0.717, 1.165) is 81.6 Å². The van der Waals surface area contributed by atoms with Crippen molar-refractivity contribution in [3.05, 3.63) is 60.2 Å². The summed E-state index contributed by atoms with van der Waals surface area (Å²) < 4.78 is 5.46. The third-order valence-corrected chi connectivity index (χ3v) is 5.73. The zero-order valence-corrected chi connectivity index (χ0v) is 16.3. The molecule has 0 radical (unpaired) electrons. The Kier molecular flexibility index (Phi) is 6.24. The number of para-hydroxylation sites is 2. The molecular formula is C23H29N3O2. The Hall–Kier alpha value is -2.37. The first-order valence-corrected chi connectivity index (χ1v) is 10.3. The highest BCUT2D eigenvalue weighted by Gasteiger charge is 2.25. The number of carbonyl (C=O) groups is 1. The average molecular weight is 380 g/mol. The molecule has 5 heteroatoms. The van der Waals surface area contributed by atoms with Crippen LogP contribution in [0.25, 0.3) is 0 Å². The molecular weight excluding hydrogens is 350 g/mol. The van der Waals surface area contributed by atoms with Gasteiger partial charge in [-0.25, -0.2) is 0 Å². The molecule has 0 atom stereocenters. The number of anilines is 2. The maximum Gasteiger partial charge on any atom is 0.256 e. The summed E-state index contributed by atoms with van der Waals surface area (Å²) in [6.07, 6.45) is 2.33. The monoisotopic (exact) mass is 379 g/mol. The minimum atomic E-state index is 0.116. The highest BCUT2D eigenvalue weighted by atomic mass is 16.5. The van der Waals surface area contributed by atoms with Crippen molar-refractivity contribution in [2.45, 2.75) is 12.8 Å². The Balaban J connectivity index is 1.36. The molecule has 0 spiro atoms. The predicted octanol–water partition coefficient (Wildman–Crippen LogP) is 3.61. The fourth-order valence-corrected chi connectivity index (χ4v) is 4.05. The van der Waals surface area contributed by atoms with Gasteiger partial charge in [0.05, 0.1) is 11.3 Å². The summed E-state index contributed by atoms with van der Waals surface area (Å²) in [4.78, 5) is 17.7. The molecule has 0 saturated carbocycles. The molecule has 0 aliphatic carbocycles. The number of ether oxygens (including phenoxy) is 1. The Morgan fingerprint density at radius 3 is 2.36 bits per heavy atom. The van der Waals surface area contributed by atoms with Crippen molar-refractivity contribution in [1.29, 1.82) is 0 Å². The van der Waals surface area contributed by atoms with Crippen LogP contribution < -0.4 is 5.32 Å². The molecule has 28 heavy (non-hydrogen) atoms. The number of rotatable bonds is 5. The molecule has 2 aliphatic rings. The van der Waals surface area contributed by atoms with Crippen molar-refractivity contribution in [3.63, 3.8) is 0 Å². The molecule has 2 aromatic carbocycles. The van der Waals surface area contributed by atoms with E-state index in [1.54, 1.807) is 0 Å². The minimum absolute atomic E-state index is 0.116. The van der Waals surface area contributed by atoms with Crippen molar-refractivity contribution in [1.82, 2.24) is 9.80 Å². The minimum Gasteiger partial charge on any atom is -0.381 e. The van der Waals surface area contributed by atoms with Gasteiger partial charge in [0.2, 0.25) is 0 Å². The first kappa shape index (κ1) is 19.0. The van der Waals surface area contributed by atoms with Gasteiger partial charge in [-0.2, -0.15) is 0 Å². The largest absolute Gasteiger partial charge is 0.381 e. The number of nitrogens with zero attached hydrogens (tertiary/aromatic N) is 2. The van der Waals surface area contributed by atoms with Crippen LogP contribution in [0.2, 0.25) is 0 Å². The summed E-state index contributed by atoms with van der Waals surface area (Å²) in [5.41, 5.74) is 2.59. The lowest BCUT2D eigenvalue weighted by molar-refractivity contribution is 0.0393. The van der Waals surface area contributed by atoms with Gasteiger partial charge in [0, 0.05) is 51.6 Å². The van der Waals surface area contributed by atoms with Crippen molar-refractivity contribution < 1.29 is 9.53 Å². The van der Waals surface area contributed by atoms with Crippen molar-refractivity contribution in [2.24, 2.45) is 5.92 Å². The lowest BCUT2D eigenvalue weighted by Gasteiger charge is -2.37. The molecule has 4 rings (SSSR count). The quantitative estimate of drug-likeness (QED) is 0.862. The maximum atomic E-state index is 13.2. The van der Waals surface area contributed by atoms with E-state index in [0.29, 0.717) is 0 Å². The predicted molar refractivity (Wildman–Crippen MR) is 112 cm³/mol. The van der Waals surface area contributed by atoms with Gasteiger partial charge in [0.1, 0.15) is 0 Å². The molecule has 2 aliphatic heterocycles. The van der Waals surface area contributed by atoms with Gasteiger partial charge in [-0.3, -0.25) is 9.69 Å². The molecule has 2 fully saturated rings. The van der Waals surface area contributed by atoms with Crippen LogP contribution in [-0.4, -0.2) is 61.6 Å². The van der Waals surface area contributed by atoms with Crippen LogP contribution in [0, 0.1) is 5.92 Å². The van der Waals surface area contributed by atoms with Crippen LogP contribution in [0.4, 0.5) is 11.4 Å². The molecule has 2 heterocycles. The standard InChI is InChI=1S/C23H29N3O2/c27-23(21-8-4-5-9-22(21)24-20-6-2-1-3-7-20)26-14-12-25(13-15-26)18-19-10-16-28-17-11-19/h1-9,19,24H,10-18H2. The van der Waals surface area contributed by atoms with Crippen LogP contribution in [0.5, 0.6) is 0 Å². The summed E-state index contributed by atoms with van der Waals surface area (Å²) in [6, 6.07) is 17.8. The summed E-state index contributed by atoms with van der Waals surface area (Å²) in [6.45, 7) is 6.43. The van der Waals surface area contributed by atoms with Gasteiger partial charge >= 0.3 is 0 Å². The second-order valence-corrected chi connectivity index (χ2v) is 7.69. The normalized spacial score (nSPS) is 18.8. The summed E-state index contributed by atoms with van der Waals surface area (Å²) in [5, 5.41) is 3.39. The average Bonchev–Trinajstić information content (AvgIpc) is 2.76. The lowest BCUT2D eigenvalue weighted by Crippen LogP contribution is -2.50. The van der Waals surface area contributed by atoms with E-state index in [-0.39, 0.29) is 5.91 Å². The number of amides is 1. The molecule has 148 valence electrons. The Labute approximate surface area is 167 Å². The van der Waals surface area contributed by atoms with E-state index in [1.807, 2.05) is 59.5 Å². The molecule has 0 unspecified atom stereocenters. The second kappa shape index (κ2) is 9.22. The molecule has 5 nitrogen and oxygen atoms in total. The number of benzene rings is 2. The fraction of sp³-hybridized carbons (Fsp3) is 0.435. The van der Waals surface area contributed by atoms with Crippen LogP contribution >= 0.6 is 0 Å². The zero-order chi connectivity index (χ0) is 19.2. The molecule has 0 aromatic heterocycles. The van der Waals surface area contributed by atoms with Gasteiger partial charge in [0.15, 0.2) is 0 Å². The summed E-state index contributed by atoms with van der Waals surface area (Å²) >= 11 is 0. The second-order valence-electron chi connectivity index (χ2n) is 7.69. The Morgan fingerprint density at radius 1 is 0.929 bits per heavy atom. The Morgan fingerprint density at radius 2 is 1.61 bits per heavy atom. The van der Waals surface area contributed by atoms with Gasteiger partial charge in [0.25, 0.3) is 5.91 Å². The van der Waals surface area contributed by atoms with Gasteiger partial charge < -0.3 is 15.0 Å². The van der Waals surface area contributed by atoms with E-state index in [2.05, 4.69) is 10.2 Å². The summed E-state index contributed by atoms with van der Waals surface area (Å²) in [7, 11) is 0. The van der Waals surface area contributed by atoms with Crippen molar-refractivity contribution in [3.8, 4) is 0 Å². The third kappa shape index (κ3) is 4.72. The summed E-state index contributed by atoms with van der Waals surface area (Å²) in [5.74, 6) is 0.858. The smallest absolute Gasteiger partial charge is 0.256 e. The van der Waals surface area contributed by atoms with Crippen LogP contribution in [0.3, 0.4) is 0 Å². The van der Waals surface area contributed by atoms with Gasteiger partial charge in [-0.05, 0) is 43.0 Å². The first-order valence-electron chi connectivity index (χ1n) is 10.3. The maximum absolute atomic E-state index is 13.2. The van der Waals surface area contributed by atoms with Crippen LogP contribution in [0.1, 0.15) is 23.2 Å². The molecule has 0 bridgehead atoms. The fourth-order valence-electron chi connectivity index (χ4n) is 4.05. The van der Waals surface area contributed by atoms with Crippen LogP contribution in [-0.2, 0) is 4.74 Å². The Bertz CT molecular complexity index is 766. The number of carbonyl (C=O) groups excluding carboxylic acids is 1. The molecule has 1 amide bonds. The number of nitrogens with one attached hydrogen (secondary N) is 1. The number of hydrogen-bond acceptors (Lipinski definition) is 4. The molecule has 2 aromatic rings. The van der Waals surface area contributed by atoms with E-state index in [4.69, 9.17) is 4.74 Å². The van der Waals surface area contributed by atoms with Crippen LogP contribution in [0.15, 0.2) is 54.6 Å². The lowest BCUT2D eigenvalue weighted by atomic mass is 9.99. The van der Waals surface area contributed by atoms with Gasteiger partial charge in [-0.15, -0.1) is 0 Å². The SMILES string of the molecule is O=C(c1ccccc1Nc1ccccc1)N1CCN(CC2CCOCC2)CC1. The molecule has 1 N–H and O–H groups in total. The van der Waals surface area contributed by atoms with Crippen molar-refractivity contribution in [2.75, 3.05) is 51.3 Å². The van der Waals surface area contributed by atoms with E-state index in [1.165, 1.54) is 0 Å². The first-order chi connectivity index (χ1) is 13.8.